The summed E-state index contributed by atoms with van der Waals surface area (Å²) < 4.78 is 54.9. The minimum Gasteiger partial charge on any atom is -0.352 e. The third-order valence-electron chi connectivity index (χ3n) is 7.36. The summed E-state index contributed by atoms with van der Waals surface area (Å²) in [6, 6.07) is 18.2. The molecule has 0 aromatic heterocycles. The van der Waals surface area contributed by atoms with Gasteiger partial charge in [-0.3, -0.25) is 13.9 Å². The summed E-state index contributed by atoms with van der Waals surface area (Å²) in [4.78, 5) is 29.4. The SMILES string of the molecule is CS(=O)(=O)N(CC(=O)N(Cc1ccc(Br)cc1)[C@H](Cc1ccccc1)C(=O)NC1CCCCC1)c1ccc(F)c(F)c1. The Balaban J connectivity index is 1.72. The van der Waals surface area contributed by atoms with Gasteiger partial charge in [-0.05, 0) is 48.2 Å². The molecule has 3 aromatic rings. The van der Waals surface area contributed by atoms with Crippen LogP contribution in [0.15, 0.2) is 77.3 Å². The van der Waals surface area contributed by atoms with E-state index in [-0.39, 0.29) is 30.6 Å². The van der Waals surface area contributed by atoms with Crippen LogP contribution in [0.2, 0.25) is 0 Å². The number of sulfonamides is 1. The van der Waals surface area contributed by atoms with Gasteiger partial charge >= 0.3 is 0 Å². The lowest BCUT2D eigenvalue weighted by atomic mass is 9.94. The minimum absolute atomic E-state index is 0.0103. The maximum Gasteiger partial charge on any atom is 0.244 e. The number of amides is 2. The van der Waals surface area contributed by atoms with Crippen LogP contribution in [0.5, 0.6) is 0 Å². The Labute approximate surface area is 254 Å². The Morgan fingerprint density at radius 1 is 0.929 bits per heavy atom. The van der Waals surface area contributed by atoms with Gasteiger partial charge in [0, 0.05) is 29.5 Å². The molecular weight excluding hydrogens is 628 g/mol. The molecule has 1 atom stereocenters. The monoisotopic (exact) mass is 661 g/mol. The molecule has 0 aliphatic heterocycles. The smallest absolute Gasteiger partial charge is 0.244 e. The molecule has 2 amide bonds. The van der Waals surface area contributed by atoms with Crippen molar-refractivity contribution in [2.24, 2.45) is 0 Å². The second kappa shape index (κ2) is 14.2. The standard InChI is InChI=1S/C31H34BrF2N3O4S/c1-42(40,41)37(26-16-17-27(33)28(34)19-26)21-30(38)36(20-23-12-14-24(32)15-13-23)29(18-22-8-4-2-5-9-22)31(39)35-25-10-6-3-7-11-25/h2,4-5,8-9,12-17,19,25,29H,3,6-7,10-11,18,20-21H2,1H3,(H,35,39)/t29-/m1/s1. The van der Waals surface area contributed by atoms with Gasteiger partial charge < -0.3 is 10.2 Å². The Hall–Kier alpha value is -3.31. The lowest BCUT2D eigenvalue weighted by Gasteiger charge is -2.35. The first-order chi connectivity index (χ1) is 20.0. The van der Waals surface area contributed by atoms with Crippen LogP contribution in [0.1, 0.15) is 43.2 Å². The Kier molecular flexibility index (Phi) is 10.7. The first-order valence-corrected chi connectivity index (χ1v) is 16.5. The summed E-state index contributed by atoms with van der Waals surface area (Å²) in [5.41, 5.74) is 1.36. The molecule has 0 heterocycles. The average Bonchev–Trinajstić information content (AvgIpc) is 2.96. The summed E-state index contributed by atoms with van der Waals surface area (Å²) >= 11 is 3.41. The number of benzene rings is 3. The van der Waals surface area contributed by atoms with Crippen LogP contribution in [0.3, 0.4) is 0 Å². The molecule has 1 fully saturated rings. The average molecular weight is 663 g/mol. The number of nitrogens with zero attached hydrogens (tertiary/aromatic N) is 2. The van der Waals surface area contributed by atoms with Crippen LogP contribution in [0.25, 0.3) is 0 Å². The van der Waals surface area contributed by atoms with Crippen molar-refractivity contribution >= 4 is 43.5 Å². The zero-order chi connectivity index (χ0) is 30.3. The lowest BCUT2D eigenvalue weighted by Crippen LogP contribution is -2.55. The maximum absolute atomic E-state index is 14.1. The van der Waals surface area contributed by atoms with Gasteiger partial charge in [0.25, 0.3) is 0 Å². The Morgan fingerprint density at radius 2 is 1.60 bits per heavy atom. The molecule has 1 aliphatic rings. The second-order valence-corrected chi connectivity index (χ2v) is 13.4. The van der Waals surface area contributed by atoms with E-state index in [2.05, 4.69) is 21.2 Å². The molecule has 224 valence electrons. The molecule has 11 heteroatoms. The second-order valence-electron chi connectivity index (χ2n) is 10.6. The summed E-state index contributed by atoms with van der Waals surface area (Å²) in [5, 5.41) is 3.13. The fourth-order valence-corrected chi connectivity index (χ4v) is 6.24. The van der Waals surface area contributed by atoms with Crippen LogP contribution in [-0.2, 0) is 32.6 Å². The van der Waals surface area contributed by atoms with Gasteiger partial charge in [-0.15, -0.1) is 0 Å². The number of hydrogen-bond acceptors (Lipinski definition) is 4. The number of carbonyl (C=O) groups excluding carboxylic acids is 2. The highest BCUT2D eigenvalue weighted by atomic mass is 79.9. The van der Waals surface area contributed by atoms with Crippen molar-refractivity contribution in [3.63, 3.8) is 0 Å². The van der Waals surface area contributed by atoms with E-state index in [0.29, 0.717) is 0 Å². The number of rotatable bonds is 11. The van der Waals surface area contributed by atoms with Crippen LogP contribution in [-0.4, -0.2) is 50.0 Å². The molecular formula is C31H34BrF2N3O4S. The van der Waals surface area contributed by atoms with Crippen LogP contribution in [0, 0.1) is 11.6 Å². The molecule has 0 unspecified atom stereocenters. The number of anilines is 1. The highest BCUT2D eigenvalue weighted by molar-refractivity contribution is 9.10. The molecule has 3 aromatic carbocycles. The summed E-state index contributed by atoms with van der Waals surface area (Å²) in [7, 11) is -4.09. The van der Waals surface area contributed by atoms with Crippen LogP contribution >= 0.6 is 15.9 Å². The van der Waals surface area contributed by atoms with Crippen molar-refractivity contribution in [3.05, 3.63) is 100 Å². The van der Waals surface area contributed by atoms with E-state index in [1.165, 1.54) is 4.90 Å². The number of hydrogen-bond donors (Lipinski definition) is 1. The quantitative estimate of drug-likeness (QED) is 0.291. The third kappa shape index (κ3) is 8.61. The van der Waals surface area contributed by atoms with E-state index < -0.39 is 40.2 Å². The molecule has 7 nitrogen and oxygen atoms in total. The molecule has 0 bridgehead atoms. The van der Waals surface area contributed by atoms with Crippen molar-refractivity contribution in [3.8, 4) is 0 Å². The molecule has 42 heavy (non-hydrogen) atoms. The highest BCUT2D eigenvalue weighted by Crippen LogP contribution is 2.24. The number of halogens is 3. The maximum atomic E-state index is 14.1. The van der Waals surface area contributed by atoms with Gasteiger partial charge in [0.05, 0.1) is 11.9 Å². The minimum atomic E-state index is -4.09. The summed E-state index contributed by atoms with van der Waals surface area (Å²) in [5.74, 6) is -3.37. The predicted octanol–water partition coefficient (Wildman–Crippen LogP) is 5.58. The van der Waals surface area contributed by atoms with Crippen molar-refractivity contribution in [2.45, 2.75) is 57.2 Å². The Bertz CT molecular complexity index is 1480. The van der Waals surface area contributed by atoms with E-state index in [1.807, 2.05) is 54.6 Å². The van der Waals surface area contributed by atoms with Crippen molar-refractivity contribution in [1.29, 1.82) is 0 Å². The van der Waals surface area contributed by atoms with E-state index in [9.17, 15) is 26.8 Å². The highest BCUT2D eigenvalue weighted by Gasteiger charge is 2.34. The molecule has 4 rings (SSSR count). The molecule has 0 saturated heterocycles. The van der Waals surface area contributed by atoms with E-state index in [1.54, 1.807) is 0 Å². The van der Waals surface area contributed by atoms with Gasteiger partial charge in [-0.2, -0.15) is 0 Å². The van der Waals surface area contributed by atoms with Gasteiger partial charge in [-0.1, -0.05) is 77.7 Å². The van der Waals surface area contributed by atoms with Crippen LogP contribution in [0.4, 0.5) is 14.5 Å². The zero-order valence-corrected chi connectivity index (χ0v) is 25.7. The van der Waals surface area contributed by atoms with Crippen molar-refractivity contribution < 1.29 is 26.8 Å². The molecule has 1 aliphatic carbocycles. The molecule has 1 saturated carbocycles. The van der Waals surface area contributed by atoms with Crippen molar-refractivity contribution in [2.75, 3.05) is 17.1 Å². The normalized spacial score (nSPS) is 14.7. The predicted molar refractivity (Wildman–Crippen MR) is 162 cm³/mol. The third-order valence-corrected chi connectivity index (χ3v) is 9.03. The fourth-order valence-electron chi connectivity index (χ4n) is 5.14. The summed E-state index contributed by atoms with van der Waals surface area (Å²) in [6.45, 7) is -0.681. The van der Waals surface area contributed by atoms with Gasteiger partial charge in [-0.25, -0.2) is 17.2 Å². The zero-order valence-electron chi connectivity index (χ0n) is 23.3. The number of nitrogens with one attached hydrogen (secondary N) is 1. The molecule has 0 spiro atoms. The molecule has 0 radical (unpaired) electrons. The lowest BCUT2D eigenvalue weighted by molar-refractivity contribution is -0.140. The van der Waals surface area contributed by atoms with Crippen molar-refractivity contribution in [1.82, 2.24) is 10.2 Å². The fraction of sp³-hybridized carbons (Fsp3) is 0.355. The van der Waals surface area contributed by atoms with E-state index in [4.69, 9.17) is 0 Å². The number of carbonyl (C=O) groups is 2. The Morgan fingerprint density at radius 3 is 2.21 bits per heavy atom. The van der Waals surface area contributed by atoms with E-state index in [0.717, 1.165) is 76.5 Å². The first kappa shape index (κ1) is 31.6. The van der Waals surface area contributed by atoms with Gasteiger partial charge in [0.1, 0.15) is 12.6 Å². The topological polar surface area (TPSA) is 86.8 Å². The van der Waals surface area contributed by atoms with Gasteiger partial charge in [0.15, 0.2) is 11.6 Å². The summed E-state index contributed by atoms with van der Waals surface area (Å²) in [6.07, 6.45) is 5.91. The first-order valence-electron chi connectivity index (χ1n) is 13.8. The van der Waals surface area contributed by atoms with Crippen LogP contribution < -0.4 is 9.62 Å². The molecule has 1 N–H and O–H groups in total. The van der Waals surface area contributed by atoms with Gasteiger partial charge in [0.2, 0.25) is 21.8 Å². The largest absolute Gasteiger partial charge is 0.352 e. The van der Waals surface area contributed by atoms with E-state index >= 15 is 0 Å².